The standard InChI is InChI=1S/C12H14N4O/c1-9-3-4-10(7-13-9)12(17)14-8-11-5-6-15-16(11)2/h3-7H,8H2,1-2H3,(H,14,17). The fourth-order valence-electron chi connectivity index (χ4n) is 1.45. The highest BCUT2D eigenvalue weighted by Gasteiger charge is 2.06. The van der Waals surface area contributed by atoms with Crippen LogP contribution in [0.4, 0.5) is 0 Å². The molecule has 2 rings (SSSR count). The van der Waals surface area contributed by atoms with Crippen LogP contribution in [0.3, 0.4) is 0 Å². The van der Waals surface area contributed by atoms with Crippen molar-refractivity contribution in [3.05, 3.63) is 47.5 Å². The summed E-state index contributed by atoms with van der Waals surface area (Å²) in [5.74, 6) is -0.126. The third-order valence-electron chi connectivity index (χ3n) is 2.53. The second-order valence-electron chi connectivity index (χ2n) is 3.82. The second-order valence-corrected chi connectivity index (χ2v) is 3.82. The van der Waals surface area contributed by atoms with Crippen LogP contribution in [-0.2, 0) is 13.6 Å². The predicted octanol–water partition coefficient (Wildman–Crippen LogP) is 1.05. The zero-order valence-corrected chi connectivity index (χ0v) is 9.84. The normalized spacial score (nSPS) is 10.2. The van der Waals surface area contributed by atoms with E-state index >= 15 is 0 Å². The summed E-state index contributed by atoms with van der Waals surface area (Å²) in [6.45, 7) is 2.35. The molecule has 0 spiro atoms. The molecular weight excluding hydrogens is 216 g/mol. The van der Waals surface area contributed by atoms with Gasteiger partial charge in [0.05, 0.1) is 17.8 Å². The molecule has 5 nitrogen and oxygen atoms in total. The fourth-order valence-corrected chi connectivity index (χ4v) is 1.45. The lowest BCUT2D eigenvalue weighted by atomic mass is 10.2. The van der Waals surface area contributed by atoms with Gasteiger partial charge in [0.1, 0.15) is 0 Å². The first-order valence-corrected chi connectivity index (χ1v) is 5.34. The SMILES string of the molecule is Cc1ccc(C(=O)NCc2ccnn2C)cn1. The summed E-state index contributed by atoms with van der Waals surface area (Å²) in [7, 11) is 1.84. The van der Waals surface area contributed by atoms with Crippen molar-refractivity contribution in [2.45, 2.75) is 13.5 Å². The summed E-state index contributed by atoms with van der Waals surface area (Å²) >= 11 is 0. The number of carbonyl (C=O) groups is 1. The van der Waals surface area contributed by atoms with Gasteiger partial charge in [0.25, 0.3) is 5.91 Å². The van der Waals surface area contributed by atoms with Gasteiger partial charge in [0.15, 0.2) is 0 Å². The van der Waals surface area contributed by atoms with E-state index in [-0.39, 0.29) is 5.91 Å². The number of pyridine rings is 1. The zero-order valence-electron chi connectivity index (χ0n) is 9.84. The van der Waals surface area contributed by atoms with Gasteiger partial charge in [-0.05, 0) is 25.1 Å². The Morgan fingerprint density at radius 3 is 2.82 bits per heavy atom. The molecule has 0 atom stereocenters. The number of amides is 1. The highest BCUT2D eigenvalue weighted by molar-refractivity contribution is 5.93. The minimum Gasteiger partial charge on any atom is -0.346 e. The van der Waals surface area contributed by atoms with E-state index in [0.717, 1.165) is 11.4 Å². The molecule has 1 N–H and O–H groups in total. The number of hydrogen-bond acceptors (Lipinski definition) is 3. The molecule has 0 aliphatic heterocycles. The van der Waals surface area contributed by atoms with E-state index in [1.807, 2.05) is 26.1 Å². The van der Waals surface area contributed by atoms with E-state index in [0.29, 0.717) is 12.1 Å². The average Bonchev–Trinajstić information content (AvgIpc) is 2.73. The Balaban J connectivity index is 1.98. The molecule has 2 aromatic heterocycles. The van der Waals surface area contributed by atoms with E-state index in [1.165, 1.54) is 0 Å². The van der Waals surface area contributed by atoms with Crippen molar-refractivity contribution in [2.24, 2.45) is 7.05 Å². The van der Waals surface area contributed by atoms with Crippen molar-refractivity contribution in [1.82, 2.24) is 20.1 Å². The zero-order chi connectivity index (χ0) is 12.3. The van der Waals surface area contributed by atoms with E-state index in [4.69, 9.17) is 0 Å². The van der Waals surface area contributed by atoms with Crippen molar-refractivity contribution < 1.29 is 4.79 Å². The first kappa shape index (κ1) is 11.3. The summed E-state index contributed by atoms with van der Waals surface area (Å²) in [6, 6.07) is 5.45. The lowest BCUT2D eigenvalue weighted by molar-refractivity contribution is 0.0949. The highest BCUT2D eigenvalue weighted by atomic mass is 16.1. The van der Waals surface area contributed by atoms with Gasteiger partial charge in [-0.3, -0.25) is 14.5 Å². The molecule has 0 radical (unpaired) electrons. The average molecular weight is 230 g/mol. The molecule has 0 saturated carbocycles. The predicted molar refractivity (Wildman–Crippen MR) is 63.4 cm³/mol. The lowest BCUT2D eigenvalue weighted by Gasteiger charge is -2.05. The maximum absolute atomic E-state index is 11.8. The number of nitrogens with zero attached hydrogens (tertiary/aromatic N) is 3. The minimum absolute atomic E-state index is 0.126. The van der Waals surface area contributed by atoms with Crippen molar-refractivity contribution in [2.75, 3.05) is 0 Å². The van der Waals surface area contributed by atoms with E-state index in [9.17, 15) is 4.79 Å². The van der Waals surface area contributed by atoms with Crippen LogP contribution in [0.2, 0.25) is 0 Å². The third kappa shape index (κ3) is 2.69. The van der Waals surface area contributed by atoms with Crippen LogP contribution in [0.15, 0.2) is 30.6 Å². The Kier molecular flexibility index (Phi) is 3.18. The van der Waals surface area contributed by atoms with Gasteiger partial charge in [-0.25, -0.2) is 0 Å². The molecule has 0 aliphatic carbocycles. The van der Waals surface area contributed by atoms with Crippen LogP contribution >= 0.6 is 0 Å². The molecule has 0 aromatic carbocycles. The molecule has 0 fully saturated rings. The molecule has 0 aliphatic rings. The van der Waals surface area contributed by atoms with Crippen LogP contribution in [0, 0.1) is 6.92 Å². The maximum Gasteiger partial charge on any atom is 0.253 e. The van der Waals surface area contributed by atoms with Crippen molar-refractivity contribution in [3.63, 3.8) is 0 Å². The van der Waals surface area contributed by atoms with Gasteiger partial charge in [0, 0.05) is 25.1 Å². The summed E-state index contributed by atoms with van der Waals surface area (Å²) in [6.07, 6.45) is 3.28. The van der Waals surface area contributed by atoms with Crippen molar-refractivity contribution >= 4 is 5.91 Å². The first-order chi connectivity index (χ1) is 8.16. The van der Waals surface area contributed by atoms with Crippen LogP contribution in [-0.4, -0.2) is 20.7 Å². The van der Waals surface area contributed by atoms with Crippen LogP contribution in [0.25, 0.3) is 0 Å². The number of carbonyl (C=O) groups excluding carboxylic acids is 1. The van der Waals surface area contributed by atoms with E-state index < -0.39 is 0 Å². The Labute approximate surface area is 99.5 Å². The van der Waals surface area contributed by atoms with Crippen LogP contribution in [0.1, 0.15) is 21.7 Å². The number of aromatic nitrogens is 3. The second kappa shape index (κ2) is 4.78. The Morgan fingerprint density at radius 1 is 1.41 bits per heavy atom. The number of rotatable bonds is 3. The molecule has 2 heterocycles. The number of hydrogen-bond donors (Lipinski definition) is 1. The lowest BCUT2D eigenvalue weighted by Crippen LogP contribution is -2.24. The van der Waals surface area contributed by atoms with Crippen molar-refractivity contribution in [1.29, 1.82) is 0 Å². The molecule has 88 valence electrons. The van der Waals surface area contributed by atoms with Gasteiger partial charge in [-0.1, -0.05) is 0 Å². The van der Waals surface area contributed by atoms with Crippen molar-refractivity contribution in [3.8, 4) is 0 Å². The summed E-state index contributed by atoms with van der Waals surface area (Å²) < 4.78 is 1.73. The smallest absolute Gasteiger partial charge is 0.253 e. The monoisotopic (exact) mass is 230 g/mol. The number of aryl methyl sites for hydroxylation is 2. The molecule has 17 heavy (non-hydrogen) atoms. The molecule has 2 aromatic rings. The van der Waals surface area contributed by atoms with Gasteiger partial charge < -0.3 is 5.32 Å². The summed E-state index contributed by atoms with van der Waals surface area (Å²) in [5.41, 5.74) is 2.42. The largest absolute Gasteiger partial charge is 0.346 e. The van der Waals surface area contributed by atoms with E-state index in [1.54, 1.807) is 23.1 Å². The van der Waals surface area contributed by atoms with Crippen LogP contribution in [0.5, 0.6) is 0 Å². The van der Waals surface area contributed by atoms with Gasteiger partial charge in [0.2, 0.25) is 0 Å². The molecule has 1 amide bonds. The quantitative estimate of drug-likeness (QED) is 0.857. The highest BCUT2D eigenvalue weighted by Crippen LogP contribution is 2.00. The molecule has 0 saturated heterocycles. The van der Waals surface area contributed by atoms with Crippen LogP contribution < -0.4 is 5.32 Å². The molecule has 5 heteroatoms. The Morgan fingerprint density at radius 2 is 2.24 bits per heavy atom. The Hall–Kier alpha value is -2.17. The van der Waals surface area contributed by atoms with Gasteiger partial charge in [-0.15, -0.1) is 0 Å². The minimum atomic E-state index is -0.126. The van der Waals surface area contributed by atoms with E-state index in [2.05, 4.69) is 15.4 Å². The summed E-state index contributed by atoms with van der Waals surface area (Å²) in [5, 5.41) is 6.85. The number of nitrogens with one attached hydrogen (secondary N) is 1. The molecule has 0 unspecified atom stereocenters. The molecule has 0 bridgehead atoms. The summed E-state index contributed by atoms with van der Waals surface area (Å²) in [4.78, 5) is 15.9. The topological polar surface area (TPSA) is 59.8 Å². The van der Waals surface area contributed by atoms with Gasteiger partial charge in [-0.2, -0.15) is 5.10 Å². The maximum atomic E-state index is 11.8. The van der Waals surface area contributed by atoms with Gasteiger partial charge >= 0.3 is 0 Å². The first-order valence-electron chi connectivity index (χ1n) is 5.34. The third-order valence-corrected chi connectivity index (χ3v) is 2.53. The fraction of sp³-hybridized carbons (Fsp3) is 0.250. The molecular formula is C12H14N4O. The Bertz CT molecular complexity index is 516.